The Balaban J connectivity index is 1.98. The predicted octanol–water partition coefficient (Wildman–Crippen LogP) is 4.19. The number of hydrogen-bond donors (Lipinski definition) is 1. The van der Waals surface area contributed by atoms with E-state index in [-0.39, 0.29) is 16.4 Å². The number of hydrogen-bond acceptors (Lipinski definition) is 1. The number of rotatable bonds is 4. The average Bonchev–Trinajstić information content (AvgIpc) is 3.01. The van der Waals surface area contributed by atoms with Crippen LogP contribution in [0.25, 0.3) is 0 Å². The van der Waals surface area contributed by atoms with Crippen LogP contribution >= 0.6 is 11.6 Å². The first-order valence-corrected chi connectivity index (χ1v) is 6.87. The van der Waals surface area contributed by atoms with Gasteiger partial charge >= 0.3 is 0 Å². The molecule has 0 bridgehead atoms. The Kier molecular flexibility index (Phi) is 3.70. The van der Waals surface area contributed by atoms with Crippen LogP contribution in [-0.4, -0.2) is 12.1 Å². The van der Waals surface area contributed by atoms with Gasteiger partial charge in [-0.05, 0) is 63.1 Å². The summed E-state index contributed by atoms with van der Waals surface area (Å²) in [5, 5.41) is 3.76. The molecule has 1 saturated carbocycles. The molecule has 0 aromatic heterocycles. The van der Waals surface area contributed by atoms with Gasteiger partial charge in [0, 0.05) is 12.1 Å². The van der Waals surface area contributed by atoms with E-state index in [9.17, 15) is 4.39 Å². The van der Waals surface area contributed by atoms with Gasteiger partial charge in [0.1, 0.15) is 5.82 Å². The third-order valence-electron chi connectivity index (χ3n) is 3.51. The van der Waals surface area contributed by atoms with Gasteiger partial charge in [-0.2, -0.15) is 0 Å². The fourth-order valence-corrected chi connectivity index (χ4v) is 2.25. The predicted molar refractivity (Wildman–Crippen MR) is 74.5 cm³/mol. The second kappa shape index (κ2) is 4.82. The molecule has 0 unspecified atom stereocenters. The Morgan fingerprint density at radius 2 is 2.00 bits per heavy atom. The molecule has 1 aliphatic carbocycles. The molecule has 0 aliphatic heterocycles. The van der Waals surface area contributed by atoms with Crippen molar-refractivity contribution in [2.75, 3.05) is 6.54 Å². The molecule has 0 atom stereocenters. The Hall–Kier alpha value is -0.600. The summed E-state index contributed by atoms with van der Waals surface area (Å²) >= 11 is 5.70. The summed E-state index contributed by atoms with van der Waals surface area (Å²) in [6.07, 6.45) is 3.38. The molecule has 1 N–H and O–H groups in total. The van der Waals surface area contributed by atoms with Gasteiger partial charge in [0.2, 0.25) is 0 Å². The van der Waals surface area contributed by atoms with E-state index in [2.05, 4.69) is 26.1 Å². The van der Waals surface area contributed by atoms with Crippen LogP contribution in [0.15, 0.2) is 18.2 Å². The van der Waals surface area contributed by atoms with E-state index in [1.165, 1.54) is 12.8 Å². The van der Waals surface area contributed by atoms with Crippen LogP contribution in [0.5, 0.6) is 0 Å². The summed E-state index contributed by atoms with van der Waals surface area (Å²) in [6.45, 7) is 7.52. The normalized spacial score (nSPS) is 17.8. The van der Waals surface area contributed by atoms with Gasteiger partial charge in [0.25, 0.3) is 0 Å². The first kappa shape index (κ1) is 13.8. The van der Waals surface area contributed by atoms with Crippen LogP contribution in [0.3, 0.4) is 0 Å². The topological polar surface area (TPSA) is 12.0 Å². The molecule has 1 nitrogen and oxygen atoms in total. The smallest absolute Gasteiger partial charge is 0.142 e. The van der Waals surface area contributed by atoms with Crippen LogP contribution in [0.4, 0.5) is 4.39 Å². The van der Waals surface area contributed by atoms with Crippen molar-refractivity contribution < 1.29 is 4.39 Å². The van der Waals surface area contributed by atoms with Crippen molar-refractivity contribution in [2.45, 2.75) is 45.6 Å². The summed E-state index contributed by atoms with van der Waals surface area (Å²) in [7, 11) is 0. The molecular weight excluding hydrogens is 249 g/mol. The molecule has 0 heterocycles. The molecule has 18 heavy (non-hydrogen) atoms. The van der Waals surface area contributed by atoms with E-state index in [1.54, 1.807) is 12.1 Å². The first-order chi connectivity index (χ1) is 8.30. The maximum absolute atomic E-state index is 13.4. The van der Waals surface area contributed by atoms with Crippen LogP contribution in [-0.2, 0) is 6.42 Å². The highest BCUT2D eigenvalue weighted by Gasteiger charge is 2.42. The largest absolute Gasteiger partial charge is 0.312 e. The zero-order valence-corrected chi connectivity index (χ0v) is 12.1. The van der Waals surface area contributed by atoms with Gasteiger partial charge in [0.05, 0.1) is 5.02 Å². The maximum Gasteiger partial charge on any atom is 0.142 e. The second-order valence-electron chi connectivity index (χ2n) is 6.53. The molecule has 0 radical (unpaired) electrons. The Morgan fingerprint density at radius 1 is 1.33 bits per heavy atom. The van der Waals surface area contributed by atoms with Crippen LogP contribution in [0.2, 0.25) is 5.02 Å². The van der Waals surface area contributed by atoms with Crippen molar-refractivity contribution in [1.29, 1.82) is 0 Å². The zero-order chi connectivity index (χ0) is 13.4. The highest BCUT2D eigenvalue weighted by molar-refractivity contribution is 6.30. The molecule has 0 saturated heterocycles. The fraction of sp³-hybridized carbons (Fsp3) is 0.600. The summed E-state index contributed by atoms with van der Waals surface area (Å²) in [5.41, 5.74) is 1.51. The maximum atomic E-state index is 13.4. The molecule has 0 amide bonds. The van der Waals surface area contributed by atoms with Gasteiger partial charge in [-0.15, -0.1) is 0 Å². The third-order valence-corrected chi connectivity index (χ3v) is 3.82. The lowest BCUT2D eigenvalue weighted by molar-refractivity contribution is 0.356. The minimum Gasteiger partial charge on any atom is -0.312 e. The number of nitrogens with one attached hydrogen (secondary N) is 1. The van der Waals surface area contributed by atoms with Crippen LogP contribution in [0.1, 0.15) is 39.2 Å². The zero-order valence-electron chi connectivity index (χ0n) is 11.3. The van der Waals surface area contributed by atoms with Crippen molar-refractivity contribution in [1.82, 2.24) is 5.32 Å². The molecule has 2 rings (SSSR count). The van der Waals surface area contributed by atoms with Gasteiger partial charge in [0.15, 0.2) is 0 Å². The summed E-state index contributed by atoms with van der Waals surface area (Å²) in [6, 6.07) is 5.15. The Labute approximate surface area is 114 Å². The number of benzene rings is 1. The van der Waals surface area contributed by atoms with Crippen molar-refractivity contribution in [2.24, 2.45) is 5.41 Å². The average molecular weight is 270 g/mol. The van der Waals surface area contributed by atoms with Crippen molar-refractivity contribution in [3.8, 4) is 0 Å². The lowest BCUT2D eigenvalue weighted by Crippen LogP contribution is -2.40. The molecule has 0 spiro atoms. The van der Waals surface area contributed by atoms with Crippen molar-refractivity contribution >= 4 is 11.6 Å². The van der Waals surface area contributed by atoms with Gasteiger partial charge in [-0.25, -0.2) is 4.39 Å². The van der Waals surface area contributed by atoms with Crippen LogP contribution in [0, 0.1) is 11.2 Å². The molecule has 100 valence electrons. The van der Waals surface area contributed by atoms with Gasteiger partial charge in [-0.3, -0.25) is 0 Å². The van der Waals surface area contributed by atoms with Crippen LogP contribution < -0.4 is 5.32 Å². The van der Waals surface area contributed by atoms with Gasteiger partial charge < -0.3 is 5.32 Å². The number of halogens is 2. The standard InChI is InChI=1S/C15H21ClFN/c1-14(2,3)18-10-15(6-7-15)9-11-4-5-12(16)13(17)8-11/h4-5,8,18H,6-7,9-10H2,1-3H3. The molecule has 3 heteroatoms. The molecule has 1 fully saturated rings. The highest BCUT2D eigenvalue weighted by Crippen LogP contribution is 2.48. The lowest BCUT2D eigenvalue weighted by atomic mass is 9.95. The Morgan fingerprint density at radius 3 is 2.50 bits per heavy atom. The molecular formula is C15H21ClFN. The quantitative estimate of drug-likeness (QED) is 0.864. The Bertz CT molecular complexity index is 433. The highest BCUT2D eigenvalue weighted by atomic mass is 35.5. The van der Waals surface area contributed by atoms with E-state index >= 15 is 0 Å². The monoisotopic (exact) mass is 269 g/mol. The molecule has 1 aromatic carbocycles. The summed E-state index contributed by atoms with van der Waals surface area (Å²) < 4.78 is 13.4. The third kappa shape index (κ3) is 3.69. The van der Waals surface area contributed by atoms with E-state index in [4.69, 9.17) is 11.6 Å². The lowest BCUT2D eigenvalue weighted by Gasteiger charge is -2.25. The SMILES string of the molecule is CC(C)(C)NCC1(Cc2ccc(Cl)c(F)c2)CC1. The summed E-state index contributed by atoms with van der Waals surface area (Å²) in [5.74, 6) is -0.311. The molecule has 1 aliphatic rings. The van der Waals surface area contributed by atoms with Crippen molar-refractivity contribution in [3.63, 3.8) is 0 Å². The minimum atomic E-state index is -0.311. The van der Waals surface area contributed by atoms with E-state index in [0.29, 0.717) is 5.41 Å². The first-order valence-electron chi connectivity index (χ1n) is 6.49. The van der Waals surface area contributed by atoms with E-state index in [1.807, 2.05) is 6.07 Å². The summed E-state index contributed by atoms with van der Waals surface area (Å²) in [4.78, 5) is 0. The fourth-order valence-electron chi connectivity index (χ4n) is 2.13. The van der Waals surface area contributed by atoms with Gasteiger partial charge in [-0.1, -0.05) is 17.7 Å². The van der Waals surface area contributed by atoms with E-state index in [0.717, 1.165) is 18.5 Å². The van der Waals surface area contributed by atoms with E-state index < -0.39 is 0 Å². The van der Waals surface area contributed by atoms with Crippen molar-refractivity contribution in [3.05, 3.63) is 34.6 Å². The second-order valence-corrected chi connectivity index (χ2v) is 6.94. The minimum absolute atomic E-state index is 0.140. The molecule has 1 aromatic rings.